The van der Waals surface area contributed by atoms with E-state index in [1.807, 2.05) is 11.3 Å². The molecule has 3 rings (SSSR count). The minimum atomic E-state index is -0.0606. The van der Waals surface area contributed by atoms with Crippen LogP contribution in [0.3, 0.4) is 0 Å². The Hall–Kier alpha value is -1.31. The summed E-state index contributed by atoms with van der Waals surface area (Å²) in [5.74, 6) is 0. The fourth-order valence-electron chi connectivity index (χ4n) is 2.45. The van der Waals surface area contributed by atoms with Crippen molar-refractivity contribution in [2.24, 2.45) is 0 Å². The van der Waals surface area contributed by atoms with E-state index in [-0.39, 0.29) is 5.38 Å². The Kier molecular flexibility index (Phi) is 3.34. The molecule has 19 heavy (non-hydrogen) atoms. The highest BCUT2D eigenvalue weighted by Gasteiger charge is 2.15. The summed E-state index contributed by atoms with van der Waals surface area (Å²) >= 11 is 8.47. The number of rotatable bonds is 2. The van der Waals surface area contributed by atoms with E-state index in [1.165, 1.54) is 31.7 Å². The Labute approximate surface area is 122 Å². The Morgan fingerprint density at radius 1 is 0.947 bits per heavy atom. The van der Waals surface area contributed by atoms with Gasteiger partial charge in [0.2, 0.25) is 0 Å². The normalized spacial score (nSPS) is 12.8. The molecule has 0 spiro atoms. The number of benzene rings is 2. The lowest BCUT2D eigenvalue weighted by molar-refractivity contribution is 1.14. The van der Waals surface area contributed by atoms with Gasteiger partial charge >= 0.3 is 0 Å². The van der Waals surface area contributed by atoms with Crippen LogP contribution in [0.5, 0.6) is 0 Å². The first kappa shape index (κ1) is 12.7. The maximum absolute atomic E-state index is 6.66. The highest BCUT2D eigenvalue weighted by atomic mass is 35.5. The quantitative estimate of drug-likeness (QED) is 0.519. The fourth-order valence-corrected chi connectivity index (χ4v) is 3.84. The fraction of sp³-hybridized carbons (Fsp3) is 0.176. The van der Waals surface area contributed by atoms with Crippen molar-refractivity contribution < 1.29 is 0 Å². The average molecular weight is 287 g/mol. The van der Waals surface area contributed by atoms with Crippen LogP contribution in [0.1, 0.15) is 26.3 Å². The second-order valence-corrected chi connectivity index (χ2v) is 6.73. The molecule has 0 saturated carbocycles. The van der Waals surface area contributed by atoms with E-state index < -0.39 is 0 Å². The average Bonchev–Trinajstić information content (AvgIpc) is 2.76. The van der Waals surface area contributed by atoms with Gasteiger partial charge in [0.15, 0.2) is 0 Å². The van der Waals surface area contributed by atoms with Crippen LogP contribution in [-0.2, 0) is 0 Å². The SMILES string of the molecule is Cc1cc(C(Cl)c2ccc3ccccc3c2)c(C)s1. The monoisotopic (exact) mass is 286 g/mol. The van der Waals surface area contributed by atoms with E-state index >= 15 is 0 Å². The van der Waals surface area contributed by atoms with Gasteiger partial charge in [0.1, 0.15) is 0 Å². The topological polar surface area (TPSA) is 0 Å². The lowest BCUT2D eigenvalue weighted by Crippen LogP contribution is -1.93. The highest BCUT2D eigenvalue weighted by Crippen LogP contribution is 2.36. The minimum Gasteiger partial charge on any atom is -0.146 e. The van der Waals surface area contributed by atoms with Gasteiger partial charge in [0.05, 0.1) is 5.38 Å². The molecule has 0 saturated heterocycles. The lowest BCUT2D eigenvalue weighted by atomic mass is 10.0. The van der Waals surface area contributed by atoms with Gasteiger partial charge in [-0.1, -0.05) is 36.4 Å². The molecule has 0 bridgehead atoms. The predicted molar refractivity (Wildman–Crippen MR) is 85.4 cm³/mol. The van der Waals surface area contributed by atoms with Gasteiger partial charge in [0.25, 0.3) is 0 Å². The third kappa shape index (κ3) is 2.41. The van der Waals surface area contributed by atoms with E-state index in [4.69, 9.17) is 11.6 Å². The summed E-state index contributed by atoms with van der Waals surface area (Å²) in [5, 5.41) is 2.44. The molecule has 0 amide bonds. The first-order valence-corrected chi connectivity index (χ1v) is 7.60. The number of halogens is 1. The molecule has 0 aliphatic heterocycles. The Balaban J connectivity index is 2.06. The Bertz CT molecular complexity index is 727. The molecule has 0 fully saturated rings. The second-order valence-electron chi connectivity index (χ2n) is 4.84. The minimum absolute atomic E-state index is 0.0606. The van der Waals surface area contributed by atoms with E-state index in [1.54, 1.807) is 0 Å². The van der Waals surface area contributed by atoms with E-state index in [2.05, 4.69) is 62.4 Å². The van der Waals surface area contributed by atoms with Crippen molar-refractivity contribution in [2.75, 3.05) is 0 Å². The number of thiophene rings is 1. The van der Waals surface area contributed by atoms with Crippen LogP contribution in [0.2, 0.25) is 0 Å². The number of hydrogen-bond acceptors (Lipinski definition) is 1. The van der Waals surface area contributed by atoms with E-state index in [9.17, 15) is 0 Å². The van der Waals surface area contributed by atoms with Crippen molar-refractivity contribution in [1.29, 1.82) is 0 Å². The molecule has 1 aromatic heterocycles. The number of hydrogen-bond donors (Lipinski definition) is 0. The van der Waals surface area contributed by atoms with Gasteiger partial charge in [-0.2, -0.15) is 0 Å². The van der Waals surface area contributed by atoms with Crippen molar-refractivity contribution in [1.82, 2.24) is 0 Å². The van der Waals surface area contributed by atoms with Crippen molar-refractivity contribution in [3.63, 3.8) is 0 Å². The van der Waals surface area contributed by atoms with Crippen molar-refractivity contribution in [3.05, 3.63) is 69.4 Å². The number of aryl methyl sites for hydroxylation is 2. The predicted octanol–water partition coefficient (Wildman–Crippen LogP) is 5.85. The van der Waals surface area contributed by atoms with Crippen LogP contribution in [-0.4, -0.2) is 0 Å². The summed E-state index contributed by atoms with van der Waals surface area (Å²) in [6, 6.07) is 17.1. The van der Waals surface area contributed by atoms with Crippen LogP contribution in [0, 0.1) is 13.8 Å². The zero-order chi connectivity index (χ0) is 13.4. The van der Waals surface area contributed by atoms with E-state index in [0.717, 1.165) is 0 Å². The molecular formula is C17H15ClS. The van der Waals surface area contributed by atoms with Crippen LogP contribution in [0.25, 0.3) is 10.8 Å². The highest BCUT2D eigenvalue weighted by molar-refractivity contribution is 7.12. The lowest BCUT2D eigenvalue weighted by Gasteiger charge is -2.11. The second kappa shape index (κ2) is 4.99. The standard InChI is InChI=1S/C17H15ClS/c1-11-9-16(12(2)19-11)17(18)15-8-7-13-5-3-4-6-14(13)10-15/h3-10,17H,1-2H3. The molecule has 2 aromatic carbocycles. The Morgan fingerprint density at radius 2 is 1.68 bits per heavy atom. The summed E-state index contributed by atoms with van der Waals surface area (Å²) in [4.78, 5) is 2.63. The summed E-state index contributed by atoms with van der Waals surface area (Å²) in [5.41, 5.74) is 2.40. The van der Waals surface area contributed by atoms with Crippen LogP contribution in [0.15, 0.2) is 48.5 Å². The van der Waals surface area contributed by atoms with Gasteiger partial charge in [-0.3, -0.25) is 0 Å². The van der Waals surface area contributed by atoms with Crippen molar-refractivity contribution in [2.45, 2.75) is 19.2 Å². The zero-order valence-electron chi connectivity index (χ0n) is 11.0. The third-order valence-corrected chi connectivity index (χ3v) is 4.89. The first-order valence-electron chi connectivity index (χ1n) is 6.35. The van der Waals surface area contributed by atoms with Crippen LogP contribution >= 0.6 is 22.9 Å². The van der Waals surface area contributed by atoms with Crippen molar-refractivity contribution >= 4 is 33.7 Å². The maximum Gasteiger partial charge on any atom is 0.0846 e. The molecule has 1 unspecified atom stereocenters. The smallest absolute Gasteiger partial charge is 0.0846 e. The molecule has 0 N–H and O–H groups in total. The molecule has 0 aliphatic rings. The summed E-state index contributed by atoms with van der Waals surface area (Å²) in [6.45, 7) is 4.27. The van der Waals surface area contributed by atoms with Crippen molar-refractivity contribution in [3.8, 4) is 0 Å². The molecule has 1 heterocycles. The number of alkyl halides is 1. The van der Waals surface area contributed by atoms with Gasteiger partial charge < -0.3 is 0 Å². The maximum atomic E-state index is 6.66. The van der Waals surface area contributed by atoms with Gasteiger partial charge in [-0.15, -0.1) is 22.9 Å². The number of fused-ring (bicyclic) bond motifs is 1. The molecule has 0 radical (unpaired) electrons. The molecule has 0 aliphatic carbocycles. The summed E-state index contributed by atoms with van der Waals surface area (Å²) < 4.78 is 0. The van der Waals surface area contributed by atoms with E-state index in [0.29, 0.717) is 0 Å². The molecule has 1 atom stereocenters. The molecular weight excluding hydrogens is 272 g/mol. The van der Waals surface area contributed by atoms with Gasteiger partial charge in [-0.05, 0) is 47.9 Å². The van der Waals surface area contributed by atoms with Crippen LogP contribution in [0.4, 0.5) is 0 Å². The Morgan fingerprint density at radius 3 is 2.37 bits per heavy atom. The molecule has 96 valence electrons. The summed E-state index contributed by atoms with van der Waals surface area (Å²) in [6.07, 6.45) is 0. The molecule has 2 heteroatoms. The van der Waals surface area contributed by atoms with Crippen LogP contribution < -0.4 is 0 Å². The zero-order valence-corrected chi connectivity index (χ0v) is 12.6. The first-order chi connectivity index (χ1) is 9.15. The van der Waals surface area contributed by atoms with Gasteiger partial charge in [-0.25, -0.2) is 0 Å². The summed E-state index contributed by atoms with van der Waals surface area (Å²) in [7, 11) is 0. The third-order valence-electron chi connectivity index (χ3n) is 3.42. The molecule has 0 nitrogen and oxygen atoms in total. The molecule has 3 aromatic rings. The largest absolute Gasteiger partial charge is 0.146 e. The van der Waals surface area contributed by atoms with Gasteiger partial charge in [0, 0.05) is 9.75 Å².